The van der Waals surface area contributed by atoms with Crippen LogP contribution in [0, 0.1) is 10.1 Å². The number of amides is 2. The predicted octanol–water partition coefficient (Wildman–Crippen LogP) is 2.19. The van der Waals surface area contributed by atoms with Crippen LogP contribution in [0.15, 0.2) is 47.1 Å². The quantitative estimate of drug-likeness (QED) is 0.596. The van der Waals surface area contributed by atoms with E-state index in [2.05, 4.69) is 10.6 Å². The number of non-ortho nitro benzene ring substituents is 1. The Morgan fingerprint density at radius 2 is 1.96 bits per heavy atom. The van der Waals surface area contributed by atoms with Crippen LogP contribution in [0.5, 0.6) is 0 Å². The van der Waals surface area contributed by atoms with Crippen LogP contribution in [0.3, 0.4) is 0 Å². The molecule has 2 aromatic rings. The topological polar surface area (TPSA) is 114 Å². The van der Waals surface area contributed by atoms with Crippen molar-refractivity contribution in [3.05, 3.63) is 64.1 Å². The van der Waals surface area contributed by atoms with Crippen molar-refractivity contribution >= 4 is 17.5 Å². The van der Waals surface area contributed by atoms with Crippen LogP contribution in [0.4, 0.5) is 5.69 Å². The molecule has 0 spiro atoms. The SMILES string of the molecule is C[C@@H](NC(=O)CCNC(=O)c1ccc([N+](=O)[O-])cc1)c1ccco1. The van der Waals surface area contributed by atoms with Crippen LogP contribution in [0.25, 0.3) is 0 Å². The van der Waals surface area contributed by atoms with Crippen molar-refractivity contribution in [1.29, 1.82) is 0 Å². The van der Waals surface area contributed by atoms with Crippen molar-refractivity contribution in [2.45, 2.75) is 19.4 Å². The normalized spacial score (nSPS) is 11.5. The van der Waals surface area contributed by atoms with E-state index in [4.69, 9.17) is 4.42 Å². The lowest BCUT2D eigenvalue weighted by molar-refractivity contribution is -0.384. The number of hydrogen-bond donors (Lipinski definition) is 2. The molecule has 8 nitrogen and oxygen atoms in total. The molecular weight excluding hydrogens is 314 g/mol. The number of hydrogen-bond acceptors (Lipinski definition) is 5. The second-order valence-corrected chi connectivity index (χ2v) is 5.11. The molecule has 1 aromatic heterocycles. The summed E-state index contributed by atoms with van der Waals surface area (Å²) in [5.41, 5.74) is 0.211. The third-order valence-electron chi connectivity index (χ3n) is 3.33. The smallest absolute Gasteiger partial charge is 0.269 e. The molecule has 1 atom stereocenters. The molecule has 8 heteroatoms. The molecule has 2 rings (SSSR count). The number of nitro groups is 1. The fraction of sp³-hybridized carbons (Fsp3) is 0.250. The molecule has 126 valence electrons. The minimum absolute atomic E-state index is 0.0853. The van der Waals surface area contributed by atoms with E-state index in [9.17, 15) is 19.7 Å². The number of carbonyl (C=O) groups excluding carboxylic acids is 2. The van der Waals surface area contributed by atoms with Gasteiger partial charge >= 0.3 is 0 Å². The van der Waals surface area contributed by atoms with Crippen molar-refractivity contribution in [1.82, 2.24) is 10.6 Å². The summed E-state index contributed by atoms with van der Waals surface area (Å²) < 4.78 is 5.19. The minimum atomic E-state index is -0.536. The number of nitro benzene ring substituents is 1. The Hall–Kier alpha value is -3.16. The molecular formula is C16H17N3O5. The summed E-state index contributed by atoms with van der Waals surface area (Å²) in [4.78, 5) is 33.7. The Kier molecular flexibility index (Phi) is 5.67. The van der Waals surface area contributed by atoms with E-state index in [1.807, 2.05) is 0 Å². The molecule has 0 aliphatic carbocycles. The number of furan rings is 1. The lowest BCUT2D eigenvalue weighted by atomic mass is 10.2. The number of rotatable bonds is 7. The van der Waals surface area contributed by atoms with Crippen molar-refractivity contribution in [3.8, 4) is 0 Å². The Morgan fingerprint density at radius 3 is 2.54 bits per heavy atom. The van der Waals surface area contributed by atoms with E-state index in [0.717, 1.165) is 0 Å². The van der Waals surface area contributed by atoms with E-state index in [1.165, 1.54) is 30.5 Å². The molecule has 0 saturated heterocycles. The lowest BCUT2D eigenvalue weighted by Crippen LogP contribution is -2.31. The van der Waals surface area contributed by atoms with Crippen molar-refractivity contribution in [2.24, 2.45) is 0 Å². The van der Waals surface area contributed by atoms with Gasteiger partial charge in [0.25, 0.3) is 11.6 Å². The summed E-state index contributed by atoms with van der Waals surface area (Å²) in [6.07, 6.45) is 1.65. The molecule has 24 heavy (non-hydrogen) atoms. The van der Waals surface area contributed by atoms with Gasteiger partial charge in [0.15, 0.2) is 0 Å². The molecule has 2 N–H and O–H groups in total. The molecule has 0 radical (unpaired) electrons. The highest BCUT2D eigenvalue weighted by Crippen LogP contribution is 2.13. The zero-order valence-electron chi connectivity index (χ0n) is 13.0. The molecule has 0 aliphatic heterocycles. The molecule has 0 bridgehead atoms. The Labute approximate surface area is 138 Å². The van der Waals surface area contributed by atoms with Gasteiger partial charge < -0.3 is 15.1 Å². The van der Waals surface area contributed by atoms with Gasteiger partial charge in [-0.3, -0.25) is 19.7 Å². The maximum absolute atomic E-state index is 11.9. The average Bonchev–Trinajstić information content (AvgIpc) is 3.09. The minimum Gasteiger partial charge on any atom is -0.467 e. The standard InChI is InChI=1S/C16H17N3O5/c1-11(14-3-2-10-24-14)18-15(20)8-9-17-16(21)12-4-6-13(7-5-12)19(22)23/h2-7,10-11H,8-9H2,1H3,(H,17,21)(H,18,20)/t11-/m1/s1. The van der Waals surface area contributed by atoms with Gasteiger partial charge in [-0.05, 0) is 31.2 Å². The van der Waals surface area contributed by atoms with Crippen LogP contribution < -0.4 is 10.6 Å². The maximum atomic E-state index is 11.9. The molecule has 1 aromatic carbocycles. The van der Waals surface area contributed by atoms with E-state index in [-0.39, 0.29) is 30.6 Å². The van der Waals surface area contributed by atoms with Gasteiger partial charge in [-0.2, -0.15) is 0 Å². The number of carbonyl (C=O) groups is 2. The van der Waals surface area contributed by atoms with Gasteiger partial charge in [-0.1, -0.05) is 0 Å². The third-order valence-corrected chi connectivity index (χ3v) is 3.33. The van der Waals surface area contributed by atoms with E-state index >= 15 is 0 Å². The number of nitrogens with zero attached hydrogens (tertiary/aromatic N) is 1. The first-order valence-corrected chi connectivity index (χ1v) is 7.33. The highest BCUT2D eigenvalue weighted by molar-refractivity contribution is 5.94. The molecule has 1 heterocycles. The second kappa shape index (κ2) is 7.91. The zero-order chi connectivity index (χ0) is 17.5. The predicted molar refractivity (Wildman–Crippen MR) is 85.3 cm³/mol. The molecule has 0 aliphatic rings. The van der Waals surface area contributed by atoms with E-state index < -0.39 is 10.8 Å². The van der Waals surface area contributed by atoms with Gasteiger partial charge in [0.2, 0.25) is 5.91 Å². The summed E-state index contributed by atoms with van der Waals surface area (Å²) >= 11 is 0. The second-order valence-electron chi connectivity index (χ2n) is 5.11. The first-order valence-electron chi connectivity index (χ1n) is 7.33. The zero-order valence-corrected chi connectivity index (χ0v) is 13.0. The fourth-order valence-corrected chi connectivity index (χ4v) is 2.05. The van der Waals surface area contributed by atoms with Crippen molar-refractivity contribution in [3.63, 3.8) is 0 Å². The monoisotopic (exact) mass is 331 g/mol. The van der Waals surface area contributed by atoms with Crippen LogP contribution in [-0.2, 0) is 4.79 Å². The molecule has 0 fully saturated rings. The summed E-state index contributed by atoms with van der Waals surface area (Å²) in [6.45, 7) is 1.96. The summed E-state index contributed by atoms with van der Waals surface area (Å²) in [5.74, 6) is 0.0398. The van der Waals surface area contributed by atoms with Crippen LogP contribution in [-0.4, -0.2) is 23.3 Å². The van der Waals surface area contributed by atoms with E-state index in [1.54, 1.807) is 19.1 Å². The highest BCUT2D eigenvalue weighted by atomic mass is 16.6. The molecule has 0 saturated carbocycles. The summed E-state index contributed by atoms with van der Waals surface area (Å²) in [6, 6.07) is 8.50. The van der Waals surface area contributed by atoms with Gasteiger partial charge in [0.1, 0.15) is 5.76 Å². The third kappa shape index (κ3) is 4.67. The Balaban J connectivity index is 1.75. The largest absolute Gasteiger partial charge is 0.467 e. The summed E-state index contributed by atoms with van der Waals surface area (Å²) in [7, 11) is 0. The number of benzene rings is 1. The molecule has 2 amide bonds. The van der Waals surface area contributed by atoms with Gasteiger partial charge in [0.05, 0.1) is 17.2 Å². The van der Waals surface area contributed by atoms with Gasteiger partial charge in [0, 0.05) is 30.7 Å². The van der Waals surface area contributed by atoms with Gasteiger partial charge in [-0.25, -0.2) is 0 Å². The first kappa shape index (κ1) is 17.2. The first-order chi connectivity index (χ1) is 11.5. The van der Waals surface area contributed by atoms with Gasteiger partial charge in [-0.15, -0.1) is 0 Å². The Morgan fingerprint density at radius 1 is 1.25 bits per heavy atom. The van der Waals surface area contributed by atoms with Crippen LogP contribution in [0.1, 0.15) is 35.5 Å². The van der Waals surface area contributed by atoms with Crippen LogP contribution in [0.2, 0.25) is 0 Å². The highest BCUT2D eigenvalue weighted by Gasteiger charge is 2.13. The fourth-order valence-electron chi connectivity index (χ4n) is 2.05. The lowest BCUT2D eigenvalue weighted by Gasteiger charge is -2.11. The van der Waals surface area contributed by atoms with Crippen molar-refractivity contribution < 1.29 is 18.9 Å². The molecule has 0 unspecified atom stereocenters. The van der Waals surface area contributed by atoms with Crippen LogP contribution >= 0.6 is 0 Å². The van der Waals surface area contributed by atoms with E-state index in [0.29, 0.717) is 11.3 Å². The Bertz CT molecular complexity index is 710. The van der Waals surface area contributed by atoms with Crippen molar-refractivity contribution in [2.75, 3.05) is 6.54 Å². The summed E-state index contributed by atoms with van der Waals surface area (Å²) in [5, 5.41) is 15.9. The maximum Gasteiger partial charge on any atom is 0.269 e. The number of nitrogens with one attached hydrogen (secondary N) is 2. The average molecular weight is 331 g/mol.